The number of ether oxygens (including phenoxy) is 2. The molecule has 1 N–H and O–H groups in total. The van der Waals surface area contributed by atoms with Crippen molar-refractivity contribution < 1.29 is 23.6 Å². The number of carbonyl (C=O) groups excluding carboxylic acids is 1. The van der Waals surface area contributed by atoms with E-state index in [-0.39, 0.29) is 17.6 Å². The lowest BCUT2D eigenvalue weighted by atomic mass is 9.91. The summed E-state index contributed by atoms with van der Waals surface area (Å²) >= 11 is 0. The highest BCUT2D eigenvalue weighted by molar-refractivity contribution is 7.89. The Balaban J connectivity index is 2.05. The average Bonchev–Trinajstić information content (AvgIpc) is 2.61. The Labute approximate surface area is 138 Å². The number of hydrogen-bond acceptors (Lipinski definition) is 5. The van der Waals surface area contributed by atoms with Crippen molar-refractivity contribution in [2.45, 2.75) is 25.0 Å². The summed E-state index contributed by atoms with van der Waals surface area (Å²) in [5.74, 6) is -0.554. The van der Waals surface area contributed by atoms with Crippen molar-refractivity contribution in [3.05, 3.63) is 46.9 Å². The number of esters is 1. The van der Waals surface area contributed by atoms with E-state index in [0.717, 1.165) is 5.56 Å². The van der Waals surface area contributed by atoms with Gasteiger partial charge in [0.1, 0.15) is 0 Å². The van der Waals surface area contributed by atoms with Crippen molar-refractivity contribution in [2.75, 3.05) is 20.0 Å². The lowest BCUT2D eigenvalue weighted by Crippen LogP contribution is -2.33. The molecule has 5 nitrogen and oxygen atoms in total. The average molecular weight is 338 g/mol. The minimum absolute atomic E-state index is 0.134. The molecule has 0 amide bonds. The Morgan fingerprint density at radius 3 is 2.65 bits per heavy atom. The maximum Gasteiger partial charge on any atom is 0.311 e. The van der Waals surface area contributed by atoms with E-state index < -0.39 is 23.0 Å². The van der Waals surface area contributed by atoms with Crippen LogP contribution in [0.2, 0.25) is 0 Å². The van der Waals surface area contributed by atoms with Crippen LogP contribution in [-0.4, -0.2) is 41.4 Å². The molecule has 0 saturated heterocycles. The van der Waals surface area contributed by atoms with Crippen LogP contribution in [0.15, 0.2) is 41.3 Å². The van der Waals surface area contributed by atoms with Crippen molar-refractivity contribution in [2.24, 2.45) is 5.92 Å². The normalized spacial score (nSPS) is 23.7. The van der Waals surface area contributed by atoms with Gasteiger partial charge in [0.05, 0.1) is 41.8 Å². The molecule has 4 atom stereocenters. The zero-order valence-electron chi connectivity index (χ0n) is 13.3. The highest BCUT2D eigenvalue weighted by Gasteiger charge is 2.33. The van der Waals surface area contributed by atoms with Gasteiger partial charge >= 0.3 is 5.97 Å². The first-order chi connectivity index (χ1) is 11.1. The Hall–Kier alpha value is -1.50. The fourth-order valence-corrected chi connectivity index (χ4v) is 4.02. The highest BCUT2D eigenvalue weighted by atomic mass is 32.2. The molecule has 1 aliphatic rings. The number of carbonyl (C=O) groups is 1. The van der Waals surface area contributed by atoms with Crippen LogP contribution in [0.1, 0.15) is 24.5 Å². The summed E-state index contributed by atoms with van der Waals surface area (Å²) < 4.78 is 22.6. The van der Waals surface area contributed by atoms with E-state index in [9.17, 15) is 14.1 Å². The van der Waals surface area contributed by atoms with Crippen LogP contribution in [-0.2, 0) is 25.1 Å². The van der Waals surface area contributed by atoms with Crippen LogP contribution >= 0.6 is 0 Å². The number of hydrogen-bond donors (Lipinski definition) is 1. The lowest BCUT2D eigenvalue weighted by Gasteiger charge is -2.27. The Kier molecular flexibility index (Phi) is 6.50. The van der Waals surface area contributed by atoms with E-state index in [0.29, 0.717) is 17.7 Å². The Bertz CT molecular complexity index is 584. The van der Waals surface area contributed by atoms with Crippen molar-refractivity contribution in [3.8, 4) is 0 Å². The number of aliphatic hydroxyl groups excluding tert-OH is 1. The van der Waals surface area contributed by atoms with E-state index >= 15 is 0 Å². The summed E-state index contributed by atoms with van der Waals surface area (Å²) in [7, 11) is 1.56. The largest absolute Gasteiger partial charge is 0.469 e. The maximum atomic E-state index is 12.5. The predicted octanol–water partition coefficient (Wildman–Crippen LogP) is 1.95. The van der Waals surface area contributed by atoms with Gasteiger partial charge < -0.3 is 14.6 Å². The highest BCUT2D eigenvalue weighted by Crippen LogP contribution is 2.29. The van der Waals surface area contributed by atoms with Crippen LogP contribution < -0.4 is 0 Å². The monoisotopic (exact) mass is 338 g/mol. The van der Waals surface area contributed by atoms with Crippen molar-refractivity contribution >= 4 is 16.8 Å². The second-order valence-electron chi connectivity index (χ2n) is 5.44. The van der Waals surface area contributed by atoms with Crippen LogP contribution in [0.4, 0.5) is 0 Å². The van der Waals surface area contributed by atoms with Crippen LogP contribution in [0.25, 0.3) is 0 Å². The molecule has 23 heavy (non-hydrogen) atoms. The van der Waals surface area contributed by atoms with E-state index in [1.54, 1.807) is 6.08 Å². The summed E-state index contributed by atoms with van der Waals surface area (Å²) in [5, 5.41) is 10.2. The second kappa shape index (κ2) is 8.38. The van der Waals surface area contributed by atoms with Crippen LogP contribution in [0, 0.1) is 5.92 Å². The summed E-state index contributed by atoms with van der Waals surface area (Å²) in [6.07, 6.45) is 1.58. The zero-order chi connectivity index (χ0) is 16.8. The number of benzene rings is 1. The number of allylic oxidation sites excluding steroid dienone is 1. The van der Waals surface area contributed by atoms with E-state index in [1.165, 1.54) is 14.2 Å². The van der Waals surface area contributed by atoms with Gasteiger partial charge in [0.2, 0.25) is 0 Å². The third-order valence-electron chi connectivity index (χ3n) is 4.01. The van der Waals surface area contributed by atoms with Gasteiger partial charge in [-0.15, -0.1) is 0 Å². The summed E-state index contributed by atoms with van der Waals surface area (Å²) in [6, 6.07) is 9.16. The molecule has 2 rings (SSSR count). The Morgan fingerprint density at radius 1 is 1.35 bits per heavy atom. The van der Waals surface area contributed by atoms with Gasteiger partial charge in [0, 0.05) is 12.0 Å². The summed E-state index contributed by atoms with van der Waals surface area (Å²) in [5.41, 5.74) is 0.744. The van der Waals surface area contributed by atoms with Gasteiger partial charge in [-0.05, 0) is 24.5 Å². The molecule has 0 aromatic heterocycles. The van der Waals surface area contributed by atoms with Crippen LogP contribution in [0.5, 0.6) is 0 Å². The third-order valence-corrected chi connectivity index (χ3v) is 5.55. The van der Waals surface area contributed by atoms with E-state index in [1.807, 2.05) is 30.3 Å². The smallest absolute Gasteiger partial charge is 0.311 e. The predicted molar refractivity (Wildman–Crippen MR) is 88.0 cm³/mol. The van der Waals surface area contributed by atoms with E-state index in [4.69, 9.17) is 9.47 Å². The maximum absolute atomic E-state index is 12.5. The van der Waals surface area contributed by atoms with Gasteiger partial charge in [-0.3, -0.25) is 9.00 Å². The lowest BCUT2D eigenvalue weighted by molar-refractivity contribution is -0.149. The Morgan fingerprint density at radius 2 is 2.04 bits per heavy atom. The van der Waals surface area contributed by atoms with Gasteiger partial charge in [-0.25, -0.2) is 0 Å². The summed E-state index contributed by atoms with van der Waals surface area (Å²) in [6.45, 7) is 0. The molecule has 0 heterocycles. The third kappa shape index (κ3) is 4.50. The zero-order valence-corrected chi connectivity index (χ0v) is 14.1. The first-order valence-corrected chi connectivity index (χ1v) is 8.81. The molecular formula is C17H22O5S. The van der Waals surface area contributed by atoms with Crippen molar-refractivity contribution in [1.29, 1.82) is 0 Å². The molecule has 0 spiro atoms. The van der Waals surface area contributed by atoms with Gasteiger partial charge in [0.25, 0.3) is 0 Å². The molecular weight excluding hydrogens is 316 g/mol. The minimum Gasteiger partial charge on any atom is -0.469 e. The van der Waals surface area contributed by atoms with Crippen molar-refractivity contribution in [1.82, 2.24) is 0 Å². The number of rotatable bonds is 6. The van der Waals surface area contributed by atoms with Gasteiger partial charge in [-0.2, -0.15) is 0 Å². The molecule has 126 valence electrons. The molecule has 0 radical (unpaired) electrons. The molecule has 1 aromatic carbocycles. The molecule has 6 heteroatoms. The van der Waals surface area contributed by atoms with E-state index in [2.05, 4.69) is 0 Å². The molecule has 0 saturated carbocycles. The number of methoxy groups -OCH3 is 2. The quantitative estimate of drug-likeness (QED) is 0.803. The molecule has 1 aromatic rings. The minimum atomic E-state index is -1.31. The molecule has 1 aliphatic carbocycles. The van der Waals surface area contributed by atoms with Crippen LogP contribution in [0.3, 0.4) is 0 Å². The SMILES string of the molecule is COC(=O)[C@@H]1CCC([S@@](=O)C[C@@H](O)c2ccccc2)=C[C@H]1OC. The fourth-order valence-electron chi connectivity index (χ4n) is 2.69. The first-order valence-electron chi connectivity index (χ1n) is 7.49. The first kappa shape index (κ1) is 17.8. The topological polar surface area (TPSA) is 72.8 Å². The van der Waals surface area contributed by atoms with Crippen molar-refractivity contribution in [3.63, 3.8) is 0 Å². The van der Waals surface area contributed by atoms with Gasteiger partial charge in [-0.1, -0.05) is 30.3 Å². The molecule has 0 fully saturated rings. The molecule has 0 aliphatic heterocycles. The van der Waals surface area contributed by atoms with Gasteiger partial charge in [0.15, 0.2) is 0 Å². The molecule has 0 unspecified atom stereocenters. The number of aliphatic hydroxyl groups is 1. The fraction of sp³-hybridized carbons (Fsp3) is 0.471. The molecule has 0 bridgehead atoms. The summed E-state index contributed by atoms with van der Waals surface area (Å²) in [4.78, 5) is 12.4. The second-order valence-corrected chi connectivity index (χ2v) is 6.99. The standard InChI is InChI=1S/C17H22O5S/c1-21-16-10-13(8-9-14(16)17(19)22-2)23(20)11-15(18)12-6-4-3-5-7-12/h3-7,10,14-16,18H,8-9,11H2,1-2H3/t14-,15-,16-,23+/m1/s1.